The molecule has 0 aliphatic carbocycles. The number of hydrogen-bond donors (Lipinski definition) is 2. The number of rotatable bonds is 9. The van der Waals surface area contributed by atoms with Crippen molar-refractivity contribution in [2.24, 2.45) is 5.73 Å². The van der Waals surface area contributed by atoms with Crippen LogP contribution in [0.1, 0.15) is 21.5 Å². The quantitative estimate of drug-likeness (QED) is 0.479. The Morgan fingerprint density at radius 2 is 1.66 bits per heavy atom. The van der Waals surface area contributed by atoms with Crippen LogP contribution in [0.15, 0.2) is 77.7 Å². The fraction of sp³-hybridized carbons (Fsp3) is 0.130. The second-order valence-electron chi connectivity index (χ2n) is 6.97. The van der Waals surface area contributed by atoms with Crippen molar-refractivity contribution in [3.8, 4) is 5.75 Å². The van der Waals surface area contributed by atoms with E-state index < -0.39 is 21.9 Å². The Kier molecular flexibility index (Phi) is 7.11. The summed E-state index contributed by atoms with van der Waals surface area (Å²) in [6.45, 7) is 1.63. The average Bonchev–Trinajstić information content (AvgIpc) is 2.78. The maximum atomic E-state index is 12.5. The van der Waals surface area contributed by atoms with Gasteiger partial charge < -0.3 is 15.2 Å². The van der Waals surface area contributed by atoms with Crippen LogP contribution in [0.25, 0.3) is 0 Å². The number of hydrogen-bond acceptors (Lipinski definition) is 6. The van der Waals surface area contributed by atoms with Crippen LogP contribution in [-0.2, 0) is 26.2 Å². The summed E-state index contributed by atoms with van der Waals surface area (Å²) in [5.41, 5.74) is 7.37. The van der Waals surface area contributed by atoms with Crippen LogP contribution in [0.2, 0.25) is 0 Å². The van der Waals surface area contributed by atoms with Crippen LogP contribution in [0.5, 0.6) is 5.75 Å². The van der Waals surface area contributed by atoms with E-state index in [2.05, 4.69) is 4.72 Å². The topological polar surface area (TPSA) is 125 Å². The normalized spacial score (nSPS) is 10.9. The van der Waals surface area contributed by atoms with E-state index in [1.807, 2.05) is 6.92 Å². The van der Waals surface area contributed by atoms with E-state index in [0.717, 1.165) is 5.56 Å². The Bertz CT molecular complexity index is 1210. The van der Waals surface area contributed by atoms with Gasteiger partial charge in [-0.1, -0.05) is 29.8 Å². The Morgan fingerprint density at radius 3 is 2.31 bits per heavy atom. The number of nitrogens with one attached hydrogen (secondary N) is 1. The smallest absolute Gasteiger partial charge is 0.338 e. The van der Waals surface area contributed by atoms with Crippen LogP contribution in [0, 0.1) is 6.92 Å². The van der Waals surface area contributed by atoms with E-state index in [0.29, 0.717) is 17.0 Å². The van der Waals surface area contributed by atoms with Crippen molar-refractivity contribution in [2.45, 2.75) is 18.4 Å². The van der Waals surface area contributed by atoms with Gasteiger partial charge in [-0.3, -0.25) is 9.52 Å². The maximum Gasteiger partial charge on any atom is 0.338 e. The maximum absolute atomic E-state index is 12.5. The van der Waals surface area contributed by atoms with Crippen molar-refractivity contribution in [2.75, 3.05) is 11.3 Å². The van der Waals surface area contributed by atoms with Gasteiger partial charge in [0.05, 0.1) is 10.5 Å². The highest BCUT2D eigenvalue weighted by Crippen LogP contribution is 2.18. The van der Waals surface area contributed by atoms with Gasteiger partial charge in [0.2, 0.25) is 0 Å². The summed E-state index contributed by atoms with van der Waals surface area (Å²) in [7, 11) is -3.79. The Morgan fingerprint density at radius 1 is 0.969 bits per heavy atom. The number of nitrogens with two attached hydrogens (primary N) is 1. The number of sulfonamides is 1. The Balaban J connectivity index is 1.61. The molecule has 0 aliphatic heterocycles. The first-order valence-electron chi connectivity index (χ1n) is 9.60. The molecule has 3 rings (SSSR count). The second kappa shape index (κ2) is 9.97. The van der Waals surface area contributed by atoms with E-state index in [1.165, 1.54) is 24.3 Å². The predicted octanol–water partition coefficient (Wildman–Crippen LogP) is 3.02. The molecule has 0 spiro atoms. The van der Waals surface area contributed by atoms with Gasteiger partial charge in [0.25, 0.3) is 15.9 Å². The largest absolute Gasteiger partial charge is 0.484 e. The summed E-state index contributed by atoms with van der Waals surface area (Å²) < 4.78 is 38.1. The summed E-state index contributed by atoms with van der Waals surface area (Å²) in [5.74, 6) is -0.779. The zero-order chi connectivity index (χ0) is 23.1. The summed E-state index contributed by atoms with van der Waals surface area (Å²) in [6, 6.07) is 19.1. The molecule has 0 aromatic heterocycles. The molecule has 3 N–H and O–H groups in total. The lowest BCUT2D eigenvalue weighted by Gasteiger charge is -2.10. The molecule has 1 amide bonds. The molecule has 0 saturated carbocycles. The fourth-order valence-electron chi connectivity index (χ4n) is 2.72. The molecule has 0 atom stereocenters. The molecule has 3 aromatic rings. The third kappa shape index (κ3) is 6.32. The number of carbonyl (C=O) groups is 2. The molecule has 166 valence electrons. The molecule has 32 heavy (non-hydrogen) atoms. The predicted molar refractivity (Wildman–Crippen MR) is 119 cm³/mol. The van der Waals surface area contributed by atoms with Crippen molar-refractivity contribution in [1.29, 1.82) is 0 Å². The SMILES string of the molecule is Cc1ccc(NS(=O)(=O)c2ccc(C(=O)OCc3cccc(OCC(N)=O)c3)cc2)cc1. The summed E-state index contributed by atoms with van der Waals surface area (Å²) in [6.07, 6.45) is 0. The standard InChI is InChI=1S/C23H22N2O6S/c1-16-5-9-19(10-6-16)25-32(28,29)21-11-7-18(8-12-21)23(27)31-14-17-3-2-4-20(13-17)30-15-22(24)26/h2-13,25H,14-15H2,1H3,(H2,24,26). The number of esters is 1. The highest BCUT2D eigenvalue weighted by Gasteiger charge is 2.16. The number of amides is 1. The monoisotopic (exact) mass is 454 g/mol. The van der Waals surface area contributed by atoms with Crippen LogP contribution >= 0.6 is 0 Å². The summed E-state index contributed by atoms with van der Waals surface area (Å²) >= 11 is 0. The molecule has 0 radical (unpaired) electrons. The lowest BCUT2D eigenvalue weighted by Crippen LogP contribution is -2.20. The van der Waals surface area contributed by atoms with Crippen molar-refractivity contribution in [1.82, 2.24) is 0 Å². The zero-order valence-corrected chi connectivity index (χ0v) is 18.1. The van der Waals surface area contributed by atoms with Gasteiger partial charge in [0, 0.05) is 5.69 Å². The molecular weight excluding hydrogens is 432 g/mol. The third-order valence-electron chi connectivity index (χ3n) is 4.35. The van der Waals surface area contributed by atoms with Crippen molar-refractivity contribution >= 4 is 27.6 Å². The highest BCUT2D eigenvalue weighted by molar-refractivity contribution is 7.92. The van der Waals surface area contributed by atoms with Crippen LogP contribution in [0.4, 0.5) is 5.69 Å². The molecule has 0 heterocycles. The molecule has 3 aromatic carbocycles. The lowest BCUT2D eigenvalue weighted by molar-refractivity contribution is -0.119. The molecular formula is C23H22N2O6S. The lowest BCUT2D eigenvalue weighted by atomic mass is 10.2. The van der Waals surface area contributed by atoms with E-state index in [9.17, 15) is 18.0 Å². The number of ether oxygens (including phenoxy) is 2. The molecule has 0 unspecified atom stereocenters. The Hall–Kier alpha value is -3.85. The Labute approximate surface area is 186 Å². The number of benzene rings is 3. The van der Waals surface area contributed by atoms with Gasteiger partial charge in [-0.25, -0.2) is 13.2 Å². The minimum Gasteiger partial charge on any atom is -0.484 e. The molecule has 8 nitrogen and oxygen atoms in total. The fourth-order valence-corrected chi connectivity index (χ4v) is 3.78. The number of carbonyl (C=O) groups excluding carboxylic acids is 2. The first-order valence-corrected chi connectivity index (χ1v) is 11.1. The van der Waals surface area contributed by atoms with Crippen molar-refractivity contribution in [3.63, 3.8) is 0 Å². The third-order valence-corrected chi connectivity index (χ3v) is 5.75. The molecule has 0 fully saturated rings. The number of primary amides is 1. The van der Waals surface area contributed by atoms with Crippen molar-refractivity contribution in [3.05, 3.63) is 89.5 Å². The number of anilines is 1. The van der Waals surface area contributed by atoms with Gasteiger partial charge in [0.15, 0.2) is 6.61 Å². The first-order chi connectivity index (χ1) is 15.2. The average molecular weight is 455 g/mol. The second-order valence-corrected chi connectivity index (χ2v) is 8.66. The van der Waals surface area contributed by atoms with Crippen LogP contribution in [0.3, 0.4) is 0 Å². The number of aryl methyl sites for hydroxylation is 1. The minimum absolute atomic E-state index is 0.0222. The van der Waals surface area contributed by atoms with Gasteiger partial charge in [-0.2, -0.15) is 0 Å². The minimum atomic E-state index is -3.79. The van der Waals surface area contributed by atoms with Gasteiger partial charge in [0.1, 0.15) is 12.4 Å². The van der Waals surface area contributed by atoms with E-state index in [1.54, 1.807) is 48.5 Å². The summed E-state index contributed by atoms with van der Waals surface area (Å²) in [4.78, 5) is 23.1. The van der Waals surface area contributed by atoms with Crippen LogP contribution in [-0.4, -0.2) is 26.9 Å². The van der Waals surface area contributed by atoms with Gasteiger partial charge >= 0.3 is 5.97 Å². The van der Waals surface area contributed by atoms with Crippen molar-refractivity contribution < 1.29 is 27.5 Å². The zero-order valence-electron chi connectivity index (χ0n) is 17.3. The van der Waals surface area contributed by atoms with E-state index in [4.69, 9.17) is 15.2 Å². The molecule has 0 saturated heterocycles. The first kappa shape index (κ1) is 22.8. The molecule has 0 aliphatic rings. The van der Waals surface area contributed by atoms with E-state index >= 15 is 0 Å². The molecule has 0 bridgehead atoms. The van der Waals surface area contributed by atoms with Gasteiger partial charge in [-0.05, 0) is 61.0 Å². The van der Waals surface area contributed by atoms with Gasteiger partial charge in [-0.15, -0.1) is 0 Å². The molecule has 9 heteroatoms. The highest BCUT2D eigenvalue weighted by atomic mass is 32.2. The van der Waals surface area contributed by atoms with E-state index in [-0.39, 0.29) is 23.7 Å². The summed E-state index contributed by atoms with van der Waals surface area (Å²) in [5, 5.41) is 0. The van der Waals surface area contributed by atoms with Crippen LogP contribution < -0.4 is 15.2 Å².